The molecule has 82 valence electrons. The van der Waals surface area contributed by atoms with Gasteiger partial charge in [0.05, 0.1) is 16.4 Å². The second kappa shape index (κ2) is 4.31. The normalized spacial score (nSPS) is 15.3. The number of para-hydroxylation sites is 1. The molecule has 1 aromatic carbocycles. The third-order valence-corrected chi connectivity index (χ3v) is 3.06. The van der Waals surface area contributed by atoms with Crippen LogP contribution in [0.2, 0.25) is 5.02 Å². The van der Waals surface area contributed by atoms with E-state index in [2.05, 4.69) is 11.8 Å². The highest BCUT2D eigenvalue weighted by Gasteiger charge is 2.30. The highest BCUT2D eigenvalue weighted by atomic mass is 35.5. The summed E-state index contributed by atoms with van der Waals surface area (Å²) in [6.07, 6.45) is 3.66. The number of nitrogens with zero attached hydrogens (tertiary/aromatic N) is 1. The van der Waals surface area contributed by atoms with Crippen LogP contribution in [-0.4, -0.2) is 12.6 Å². The summed E-state index contributed by atoms with van der Waals surface area (Å²) >= 11 is 6.21. The minimum absolute atomic E-state index is 0.659. The Hall–Kier alpha value is -0.890. The fourth-order valence-electron chi connectivity index (χ4n) is 1.94. The van der Waals surface area contributed by atoms with E-state index in [9.17, 15) is 0 Å². The van der Waals surface area contributed by atoms with Crippen LogP contribution >= 0.6 is 11.6 Å². The number of nitrogen functional groups attached to an aromatic ring is 1. The standard InChI is InChI=1S/C12H17ClN2/c1-2-8-15(9-6-7-9)12-10(13)4-3-5-11(12)14/h3-5,9H,2,6-8,14H2,1H3. The van der Waals surface area contributed by atoms with Gasteiger partial charge < -0.3 is 10.6 Å². The Morgan fingerprint density at radius 2 is 2.20 bits per heavy atom. The number of benzene rings is 1. The Kier molecular flexibility index (Phi) is 3.06. The van der Waals surface area contributed by atoms with Gasteiger partial charge in [0.1, 0.15) is 0 Å². The van der Waals surface area contributed by atoms with E-state index in [4.69, 9.17) is 17.3 Å². The monoisotopic (exact) mass is 224 g/mol. The molecule has 1 fully saturated rings. The largest absolute Gasteiger partial charge is 0.397 e. The summed E-state index contributed by atoms with van der Waals surface area (Å²) < 4.78 is 0. The molecule has 1 saturated carbocycles. The molecule has 2 nitrogen and oxygen atoms in total. The van der Waals surface area contributed by atoms with Crippen LogP contribution < -0.4 is 10.6 Å². The van der Waals surface area contributed by atoms with E-state index in [1.54, 1.807) is 0 Å². The minimum Gasteiger partial charge on any atom is -0.397 e. The Morgan fingerprint density at radius 3 is 2.73 bits per heavy atom. The zero-order valence-corrected chi connectivity index (χ0v) is 9.80. The van der Waals surface area contributed by atoms with Crippen molar-refractivity contribution in [3.05, 3.63) is 23.2 Å². The SMILES string of the molecule is CCCN(c1c(N)cccc1Cl)C1CC1. The van der Waals surface area contributed by atoms with E-state index >= 15 is 0 Å². The Bertz CT molecular complexity index is 327. The molecule has 15 heavy (non-hydrogen) atoms. The van der Waals surface area contributed by atoms with E-state index in [0.29, 0.717) is 6.04 Å². The van der Waals surface area contributed by atoms with Crippen molar-refractivity contribution in [2.45, 2.75) is 32.2 Å². The molecule has 0 radical (unpaired) electrons. The van der Waals surface area contributed by atoms with Crippen LogP contribution in [0.25, 0.3) is 0 Å². The van der Waals surface area contributed by atoms with Gasteiger partial charge in [0, 0.05) is 12.6 Å². The van der Waals surface area contributed by atoms with Crippen LogP contribution in [0.5, 0.6) is 0 Å². The maximum Gasteiger partial charge on any atom is 0.0791 e. The number of hydrogen-bond donors (Lipinski definition) is 1. The molecule has 0 unspecified atom stereocenters. The molecule has 2 rings (SSSR count). The highest BCUT2D eigenvalue weighted by molar-refractivity contribution is 6.34. The Balaban J connectivity index is 2.31. The first-order valence-corrected chi connectivity index (χ1v) is 5.92. The molecule has 0 amide bonds. The van der Waals surface area contributed by atoms with Gasteiger partial charge in [-0.1, -0.05) is 24.6 Å². The molecule has 0 aliphatic heterocycles. The van der Waals surface area contributed by atoms with Gasteiger partial charge in [-0.15, -0.1) is 0 Å². The highest BCUT2D eigenvalue weighted by Crippen LogP contribution is 2.39. The lowest BCUT2D eigenvalue weighted by Crippen LogP contribution is -2.27. The van der Waals surface area contributed by atoms with Gasteiger partial charge >= 0.3 is 0 Å². The molecule has 3 heteroatoms. The van der Waals surface area contributed by atoms with Gasteiger partial charge in [-0.05, 0) is 31.4 Å². The predicted octanol–water partition coefficient (Wildman–Crippen LogP) is 3.30. The summed E-state index contributed by atoms with van der Waals surface area (Å²) in [6.45, 7) is 3.22. The first kappa shape index (κ1) is 10.6. The molecule has 1 aromatic rings. The van der Waals surface area contributed by atoms with Gasteiger partial charge in [0.25, 0.3) is 0 Å². The van der Waals surface area contributed by atoms with E-state index in [-0.39, 0.29) is 0 Å². The van der Waals surface area contributed by atoms with E-state index in [0.717, 1.165) is 29.4 Å². The number of rotatable bonds is 4. The third kappa shape index (κ3) is 2.20. The minimum atomic E-state index is 0.659. The van der Waals surface area contributed by atoms with Gasteiger partial charge in [-0.2, -0.15) is 0 Å². The molecule has 0 heterocycles. The zero-order chi connectivity index (χ0) is 10.8. The summed E-state index contributed by atoms with van der Waals surface area (Å²) in [6, 6.07) is 6.40. The number of hydrogen-bond acceptors (Lipinski definition) is 2. The molecule has 0 spiro atoms. The predicted molar refractivity (Wildman–Crippen MR) is 66.5 cm³/mol. The smallest absolute Gasteiger partial charge is 0.0791 e. The van der Waals surface area contributed by atoms with Crippen LogP contribution in [-0.2, 0) is 0 Å². The molecule has 0 atom stereocenters. The average Bonchev–Trinajstić information content (AvgIpc) is 2.99. The van der Waals surface area contributed by atoms with Gasteiger partial charge in [0.2, 0.25) is 0 Å². The maximum absolute atomic E-state index is 6.21. The van der Waals surface area contributed by atoms with E-state index in [1.807, 2.05) is 18.2 Å². The molecule has 0 aromatic heterocycles. The fraction of sp³-hybridized carbons (Fsp3) is 0.500. The lowest BCUT2D eigenvalue weighted by molar-refractivity contribution is 0.764. The fourth-order valence-corrected chi connectivity index (χ4v) is 2.23. The summed E-state index contributed by atoms with van der Waals surface area (Å²) in [5.41, 5.74) is 7.82. The lowest BCUT2D eigenvalue weighted by atomic mass is 10.2. The van der Waals surface area contributed by atoms with Crippen molar-refractivity contribution in [1.29, 1.82) is 0 Å². The number of nitrogens with two attached hydrogens (primary N) is 1. The van der Waals surface area contributed by atoms with Crippen molar-refractivity contribution >= 4 is 23.0 Å². The van der Waals surface area contributed by atoms with Crippen molar-refractivity contribution in [2.24, 2.45) is 0 Å². The van der Waals surface area contributed by atoms with Crippen molar-refractivity contribution in [3.63, 3.8) is 0 Å². The summed E-state index contributed by atoms with van der Waals surface area (Å²) in [5, 5.41) is 0.773. The van der Waals surface area contributed by atoms with Gasteiger partial charge in [-0.3, -0.25) is 0 Å². The second-order valence-electron chi connectivity index (χ2n) is 4.10. The molecule has 0 bridgehead atoms. The molecule has 0 saturated heterocycles. The molecule has 1 aliphatic rings. The summed E-state index contributed by atoms with van der Waals surface area (Å²) in [5.74, 6) is 0. The van der Waals surface area contributed by atoms with Crippen LogP contribution in [0.4, 0.5) is 11.4 Å². The molecular formula is C12H17ClN2. The van der Waals surface area contributed by atoms with Crippen molar-refractivity contribution in [3.8, 4) is 0 Å². The van der Waals surface area contributed by atoms with Crippen LogP contribution in [0.1, 0.15) is 26.2 Å². The van der Waals surface area contributed by atoms with Crippen LogP contribution in [0.3, 0.4) is 0 Å². The number of halogens is 1. The first-order chi connectivity index (χ1) is 7.24. The number of anilines is 2. The Labute approximate surface area is 96.0 Å². The molecular weight excluding hydrogens is 208 g/mol. The van der Waals surface area contributed by atoms with Gasteiger partial charge in [0.15, 0.2) is 0 Å². The molecule has 2 N–H and O–H groups in total. The van der Waals surface area contributed by atoms with Crippen LogP contribution in [0.15, 0.2) is 18.2 Å². The van der Waals surface area contributed by atoms with E-state index in [1.165, 1.54) is 12.8 Å². The first-order valence-electron chi connectivity index (χ1n) is 5.54. The van der Waals surface area contributed by atoms with Crippen molar-refractivity contribution < 1.29 is 0 Å². The molecule has 1 aliphatic carbocycles. The van der Waals surface area contributed by atoms with E-state index < -0.39 is 0 Å². The third-order valence-electron chi connectivity index (χ3n) is 2.76. The van der Waals surface area contributed by atoms with Crippen LogP contribution in [0, 0.1) is 0 Å². The second-order valence-corrected chi connectivity index (χ2v) is 4.51. The Morgan fingerprint density at radius 1 is 1.47 bits per heavy atom. The quantitative estimate of drug-likeness (QED) is 0.796. The summed E-state index contributed by atoms with van der Waals surface area (Å²) in [7, 11) is 0. The zero-order valence-electron chi connectivity index (χ0n) is 9.04. The summed E-state index contributed by atoms with van der Waals surface area (Å²) in [4.78, 5) is 2.36. The maximum atomic E-state index is 6.21. The van der Waals surface area contributed by atoms with Gasteiger partial charge in [-0.25, -0.2) is 0 Å². The average molecular weight is 225 g/mol. The lowest BCUT2D eigenvalue weighted by Gasteiger charge is -2.26. The van der Waals surface area contributed by atoms with Crippen molar-refractivity contribution in [1.82, 2.24) is 0 Å². The topological polar surface area (TPSA) is 29.3 Å². The van der Waals surface area contributed by atoms with Crippen molar-refractivity contribution in [2.75, 3.05) is 17.2 Å².